The maximum atomic E-state index is 4.26. The van der Waals surface area contributed by atoms with Gasteiger partial charge in [0.05, 0.1) is 6.54 Å². The topological polar surface area (TPSA) is 44.0 Å². The third-order valence-electron chi connectivity index (χ3n) is 4.71. The third-order valence-corrected chi connectivity index (χ3v) is 4.71. The summed E-state index contributed by atoms with van der Waals surface area (Å²) in [5.41, 5.74) is 2.97. The predicted octanol–water partition coefficient (Wildman–Crippen LogP) is 3.47. The molecular weight excluding hydrogens is 284 g/mol. The molecule has 0 unspecified atom stereocenters. The quantitative estimate of drug-likeness (QED) is 0.908. The van der Waals surface area contributed by atoms with Crippen molar-refractivity contribution in [3.05, 3.63) is 48.0 Å². The molecule has 124 valence electrons. The molecule has 23 heavy (non-hydrogen) atoms. The van der Waals surface area contributed by atoms with Crippen molar-refractivity contribution in [3.8, 4) is 0 Å². The van der Waals surface area contributed by atoms with Crippen molar-refractivity contribution >= 4 is 5.69 Å². The van der Waals surface area contributed by atoms with Crippen LogP contribution in [-0.4, -0.2) is 29.1 Å². The van der Waals surface area contributed by atoms with E-state index in [0.29, 0.717) is 6.04 Å². The summed E-state index contributed by atoms with van der Waals surface area (Å²) in [4.78, 5) is 9.90. The zero-order valence-corrected chi connectivity index (χ0v) is 14.5. The zero-order chi connectivity index (χ0) is 16.3. The van der Waals surface area contributed by atoms with E-state index in [1.54, 1.807) is 6.20 Å². The van der Waals surface area contributed by atoms with E-state index in [1.165, 1.54) is 24.1 Å². The minimum atomic E-state index is 0.224. The summed E-state index contributed by atoms with van der Waals surface area (Å²) in [6.07, 6.45) is 6.05. The van der Waals surface area contributed by atoms with Crippen LogP contribution in [0.5, 0.6) is 0 Å². The Labute approximate surface area is 139 Å². The Morgan fingerprint density at radius 1 is 1.17 bits per heavy atom. The van der Waals surface area contributed by atoms with Gasteiger partial charge in [-0.05, 0) is 36.0 Å². The normalized spacial score (nSPS) is 16.7. The van der Waals surface area contributed by atoms with Crippen LogP contribution in [0.1, 0.15) is 45.0 Å². The molecule has 0 radical (unpaired) electrons. The van der Waals surface area contributed by atoms with Crippen LogP contribution in [0.15, 0.2) is 36.7 Å². The van der Waals surface area contributed by atoms with Crippen molar-refractivity contribution in [2.24, 2.45) is 0 Å². The van der Waals surface area contributed by atoms with Crippen molar-refractivity contribution in [2.75, 3.05) is 18.0 Å². The lowest BCUT2D eigenvalue weighted by Gasteiger charge is -2.34. The Kier molecular flexibility index (Phi) is 4.71. The number of hydrogen-bond acceptors (Lipinski definition) is 3. The molecular formula is C19H28N4. The average Bonchev–Trinajstić information content (AvgIpc) is 3.06. The largest absolute Gasteiger partial charge is 0.371 e. The van der Waals surface area contributed by atoms with E-state index in [0.717, 1.165) is 25.5 Å². The molecule has 0 bridgehead atoms. The van der Waals surface area contributed by atoms with Crippen molar-refractivity contribution in [3.63, 3.8) is 0 Å². The van der Waals surface area contributed by atoms with Crippen molar-refractivity contribution < 1.29 is 0 Å². The molecule has 2 N–H and O–H groups in total. The first kappa shape index (κ1) is 16.1. The van der Waals surface area contributed by atoms with Crippen LogP contribution in [0, 0.1) is 0 Å². The highest BCUT2D eigenvalue weighted by Crippen LogP contribution is 2.26. The number of piperidine rings is 1. The summed E-state index contributed by atoms with van der Waals surface area (Å²) in [5.74, 6) is 1.02. The third kappa shape index (κ3) is 4.14. The van der Waals surface area contributed by atoms with Crippen LogP contribution in [0.2, 0.25) is 0 Å². The van der Waals surface area contributed by atoms with Crippen LogP contribution in [-0.2, 0) is 12.0 Å². The van der Waals surface area contributed by atoms with Crippen LogP contribution in [0.4, 0.5) is 5.69 Å². The van der Waals surface area contributed by atoms with Crippen molar-refractivity contribution in [1.82, 2.24) is 15.3 Å². The zero-order valence-electron chi connectivity index (χ0n) is 14.5. The highest BCUT2D eigenvalue weighted by atomic mass is 15.1. The minimum Gasteiger partial charge on any atom is -0.371 e. The number of nitrogens with one attached hydrogen (secondary N) is 2. The van der Waals surface area contributed by atoms with Crippen LogP contribution in [0.3, 0.4) is 0 Å². The van der Waals surface area contributed by atoms with Crippen LogP contribution in [0.25, 0.3) is 0 Å². The molecule has 1 aliphatic heterocycles. The number of anilines is 1. The van der Waals surface area contributed by atoms with Gasteiger partial charge in [0.15, 0.2) is 0 Å². The molecule has 0 amide bonds. The molecule has 0 spiro atoms. The summed E-state index contributed by atoms with van der Waals surface area (Å²) in [7, 11) is 0. The number of aromatic nitrogens is 2. The number of aromatic amines is 1. The number of nitrogens with zero attached hydrogens (tertiary/aromatic N) is 2. The molecule has 1 aliphatic rings. The second-order valence-corrected chi connectivity index (χ2v) is 7.47. The molecule has 4 heteroatoms. The van der Waals surface area contributed by atoms with Gasteiger partial charge in [0.1, 0.15) is 5.82 Å². The number of imidazole rings is 1. The molecule has 1 aromatic carbocycles. The lowest BCUT2D eigenvalue weighted by molar-refractivity contribution is 0.410. The Morgan fingerprint density at radius 3 is 2.43 bits per heavy atom. The number of rotatable bonds is 4. The van der Waals surface area contributed by atoms with E-state index in [-0.39, 0.29) is 5.41 Å². The van der Waals surface area contributed by atoms with E-state index in [4.69, 9.17) is 0 Å². The SMILES string of the molecule is CC(C)(C)c1ccc(N2CCC(NCc3ncc[nH]3)CC2)cc1. The second kappa shape index (κ2) is 6.75. The summed E-state index contributed by atoms with van der Waals surface area (Å²) >= 11 is 0. The lowest BCUT2D eigenvalue weighted by atomic mass is 9.87. The summed E-state index contributed by atoms with van der Waals surface area (Å²) in [5, 5.41) is 3.60. The number of hydrogen-bond donors (Lipinski definition) is 2. The monoisotopic (exact) mass is 312 g/mol. The first-order valence-corrected chi connectivity index (χ1v) is 8.59. The van der Waals surface area contributed by atoms with Crippen molar-refractivity contribution in [1.29, 1.82) is 0 Å². The molecule has 1 fully saturated rings. The van der Waals surface area contributed by atoms with Gasteiger partial charge in [0.2, 0.25) is 0 Å². The molecule has 3 rings (SSSR count). The molecule has 1 saturated heterocycles. The van der Waals surface area contributed by atoms with E-state index >= 15 is 0 Å². The fourth-order valence-electron chi connectivity index (χ4n) is 3.15. The highest BCUT2D eigenvalue weighted by molar-refractivity contribution is 5.49. The standard InChI is InChI=1S/C19H28N4/c1-19(2,3)15-4-6-17(7-5-15)23-12-8-16(9-13-23)22-14-18-20-10-11-21-18/h4-7,10-11,16,22H,8-9,12-14H2,1-3H3,(H,20,21). The Hall–Kier alpha value is -1.81. The lowest BCUT2D eigenvalue weighted by Crippen LogP contribution is -2.42. The summed E-state index contributed by atoms with van der Waals surface area (Å²) in [6.45, 7) is 9.85. The van der Waals surface area contributed by atoms with E-state index in [2.05, 4.69) is 65.2 Å². The van der Waals surface area contributed by atoms with Crippen molar-refractivity contribution in [2.45, 2.75) is 51.6 Å². The number of benzene rings is 1. The molecule has 2 heterocycles. The first-order chi connectivity index (χ1) is 11.0. The average molecular weight is 312 g/mol. The van der Waals surface area contributed by atoms with Gasteiger partial charge in [-0.3, -0.25) is 0 Å². The molecule has 0 saturated carbocycles. The van der Waals surface area contributed by atoms with Gasteiger partial charge in [-0.1, -0.05) is 32.9 Å². The van der Waals surface area contributed by atoms with Gasteiger partial charge in [0.25, 0.3) is 0 Å². The Bertz CT molecular complexity index is 587. The fraction of sp³-hybridized carbons (Fsp3) is 0.526. The van der Waals surface area contributed by atoms with Gasteiger partial charge in [-0.15, -0.1) is 0 Å². The van der Waals surface area contributed by atoms with E-state index in [9.17, 15) is 0 Å². The minimum absolute atomic E-state index is 0.224. The van der Waals surface area contributed by atoms with Gasteiger partial charge in [-0.25, -0.2) is 4.98 Å². The predicted molar refractivity (Wildman–Crippen MR) is 95.8 cm³/mol. The molecule has 2 aromatic rings. The first-order valence-electron chi connectivity index (χ1n) is 8.59. The smallest absolute Gasteiger partial charge is 0.120 e. The fourth-order valence-corrected chi connectivity index (χ4v) is 3.15. The van der Waals surface area contributed by atoms with Gasteiger partial charge in [-0.2, -0.15) is 0 Å². The Balaban J connectivity index is 1.50. The van der Waals surface area contributed by atoms with Crippen LogP contribution < -0.4 is 10.2 Å². The van der Waals surface area contributed by atoms with E-state index in [1.807, 2.05) is 6.20 Å². The molecule has 1 aromatic heterocycles. The number of H-pyrrole nitrogens is 1. The summed E-state index contributed by atoms with van der Waals surface area (Å²) < 4.78 is 0. The maximum Gasteiger partial charge on any atom is 0.120 e. The van der Waals surface area contributed by atoms with Crippen LogP contribution >= 0.6 is 0 Å². The highest BCUT2D eigenvalue weighted by Gasteiger charge is 2.20. The maximum absolute atomic E-state index is 4.26. The van der Waals surface area contributed by atoms with E-state index < -0.39 is 0 Å². The van der Waals surface area contributed by atoms with Gasteiger partial charge in [0, 0.05) is 37.2 Å². The Morgan fingerprint density at radius 2 is 1.87 bits per heavy atom. The second-order valence-electron chi connectivity index (χ2n) is 7.47. The van der Waals surface area contributed by atoms with Gasteiger partial charge < -0.3 is 15.2 Å². The van der Waals surface area contributed by atoms with Gasteiger partial charge >= 0.3 is 0 Å². The molecule has 0 atom stereocenters. The molecule has 4 nitrogen and oxygen atoms in total. The molecule has 0 aliphatic carbocycles. The summed E-state index contributed by atoms with van der Waals surface area (Å²) in [6, 6.07) is 9.69.